The molecule has 3 aliphatic rings. The monoisotopic (exact) mass is 433 g/mol. The molecule has 7 heteroatoms. The molecule has 0 atom stereocenters. The van der Waals surface area contributed by atoms with Gasteiger partial charge in [0, 0.05) is 40.4 Å². The first-order valence-corrected chi connectivity index (χ1v) is 12.0. The first-order chi connectivity index (χ1) is 15.2. The number of hydrogen-bond donors (Lipinski definition) is 0. The van der Waals surface area contributed by atoms with Crippen molar-refractivity contribution in [1.29, 1.82) is 0 Å². The molecule has 3 aromatic heterocycles. The zero-order valence-electron chi connectivity index (χ0n) is 19.9. The van der Waals surface area contributed by atoms with E-state index >= 15 is 0 Å². The molecule has 0 spiro atoms. The van der Waals surface area contributed by atoms with Crippen LogP contribution in [0.1, 0.15) is 70.9 Å². The molecule has 6 rings (SSSR count). The first kappa shape index (κ1) is 20.5. The summed E-state index contributed by atoms with van der Waals surface area (Å²) in [6, 6.07) is 2.76. The number of hydrogen-bond acceptors (Lipinski definition) is 5. The molecule has 0 radical (unpaired) electrons. The summed E-state index contributed by atoms with van der Waals surface area (Å²) < 4.78 is 20.9. The van der Waals surface area contributed by atoms with E-state index in [0.717, 1.165) is 50.9 Å². The van der Waals surface area contributed by atoms with Gasteiger partial charge in [-0.2, -0.15) is 0 Å². The molecule has 0 aromatic carbocycles. The van der Waals surface area contributed by atoms with Crippen molar-refractivity contribution in [2.75, 3.05) is 0 Å². The van der Waals surface area contributed by atoms with Gasteiger partial charge in [-0.15, -0.1) is 0 Å². The predicted molar refractivity (Wildman–Crippen MR) is 125 cm³/mol. The molecule has 1 aliphatic heterocycles. The fourth-order valence-corrected chi connectivity index (χ4v) is 5.29. The SMILES string of the molecule is Cc1noc(C)c1-c1cnc2c(c1)c(B1OC(C)(C)C(C)(C)O1)cn2C(C1CC1)C1CC1. The molecular formula is C25H32BN3O3. The van der Waals surface area contributed by atoms with Crippen LogP contribution < -0.4 is 5.46 Å². The van der Waals surface area contributed by atoms with Gasteiger partial charge in [0.05, 0.1) is 16.9 Å². The summed E-state index contributed by atoms with van der Waals surface area (Å²) >= 11 is 0. The Hall–Kier alpha value is -2.12. The van der Waals surface area contributed by atoms with Crippen LogP contribution in [-0.4, -0.2) is 33.0 Å². The van der Waals surface area contributed by atoms with Crippen molar-refractivity contribution in [3.05, 3.63) is 29.9 Å². The molecule has 2 aliphatic carbocycles. The minimum atomic E-state index is -0.412. The van der Waals surface area contributed by atoms with Crippen molar-refractivity contribution in [2.45, 2.75) is 84.5 Å². The molecular weight excluding hydrogens is 401 g/mol. The molecule has 3 fully saturated rings. The van der Waals surface area contributed by atoms with Crippen molar-refractivity contribution in [2.24, 2.45) is 11.8 Å². The molecule has 168 valence electrons. The third kappa shape index (κ3) is 3.08. The summed E-state index contributed by atoms with van der Waals surface area (Å²) in [7, 11) is -0.412. The van der Waals surface area contributed by atoms with Gasteiger partial charge in [0.1, 0.15) is 11.4 Å². The molecule has 0 amide bonds. The Balaban J connectivity index is 1.53. The van der Waals surface area contributed by atoms with Crippen LogP contribution in [0.4, 0.5) is 0 Å². The molecule has 0 bridgehead atoms. The average Bonchev–Trinajstić information content (AvgIpc) is 3.63. The molecule has 1 saturated heterocycles. The average molecular weight is 433 g/mol. The number of aromatic nitrogens is 3. The summed E-state index contributed by atoms with van der Waals surface area (Å²) in [5, 5.41) is 5.25. The van der Waals surface area contributed by atoms with Gasteiger partial charge < -0.3 is 18.4 Å². The molecule has 0 N–H and O–H groups in total. The number of fused-ring (bicyclic) bond motifs is 1. The van der Waals surface area contributed by atoms with E-state index in [9.17, 15) is 0 Å². The molecule has 3 aromatic rings. The normalized spacial score (nSPS) is 22.4. The highest BCUT2D eigenvalue weighted by Gasteiger charge is 2.53. The Labute approximate surface area is 189 Å². The van der Waals surface area contributed by atoms with Gasteiger partial charge in [0.25, 0.3) is 0 Å². The largest absolute Gasteiger partial charge is 0.497 e. The summed E-state index contributed by atoms with van der Waals surface area (Å²) in [6.07, 6.45) is 9.54. The fourth-order valence-electron chi connectivity index (χ4n) is 5.29. The lowest BCUT2D eigenvalue weighted by Crippen LogP contribution is -2.41. The minimum absolute atomic E-state index is 0.384. The predicted octanol–water partition coefficient (Wildman–Crippen LogP) is 4.97. The molecule has 6 nitrogen and oxygen atoms in total. The maximum atomic E-state index is 6.49. The Morgan fingerprint density at radius 2 is 1.66 bits per heavy atom. The number of pyridine rings is 1. The first-order valence-electron chi connectivity index (χ1n) is 12.0. The Bertz CT molecular complexity index is 1160. The minimum Gasteiger partial charge on any atom is -0.399 e. The van der Waals surface area contributed by atoms with Gasteiger partial charge in [-0.05, 0) is 85.1 Å². The quantitative estimate of drug-likeness (QED) is 0.532. The van der Waals surface area contributed by atoms with Crippen LogP contribution in [0.15, 0.2) is 23.0 Å². The van der Waals surface area contributed by atoms with E-state index in [1.807, 2.05) is 20.0 Å². The van der Waals surface area contributed by atoms with Gasteiger partial charge in [0.15, 0.2) is 0 Å². The van der Waals surface area contributed by atoms with Crippen molar-refractivity contribution >= 4 is 23.6 Å². The lowest BCUT2D eigenvalue weighted by molar-refractivity contribution is 0.00578. The topological polar surface area (TPSA) is 62.3 Å². The molecule has 32 heavy (non-hydrogen) atoms. The van der Waals surface area contributed by atoms with Gasteiger partial charge >= 0.3 is 7.12 Å². The van der Waals surface area contributed by atoms with Crippen molar-refractivity contribution < 1.29 is 13.8 Å². The second-order valence-electron chi connectivity index (χ2n) is 11.0. The van der Waals surface area contributed by atoms with E-state index in [-0.39, 0.29) is 11.2 Å². The van der Waals surface area contributed by atoms with E-state index in [1.165, 1.54) is 25.7 Å². The number of aryl methyl sites for hydroxylation is 2. The van der Waals surface area contributed by atoms with Crippen LogP contribution in [0.25, 0.3) is 22.2 Å². The van der Waals surface area contributed by atoms with Gasteiger partial charge in [-0.1, -0.05) is 5.16 Å². The summed E-state index contributed by atoms with van der Waals surface area (Å²) in [4.78, 5) is 5.01. The second kappa shape index (κ2) is 6.70. The smallest absolute Gasteiger partial charge is 0.399 e. The summed E-state index contributed by atoms with van der Waals surface area (Å²) in [5.41, 5.74) is 4.27. The maximum absolute atomic E-state index is 6.49. The molecule has 0 unspecified atom stereocenters. The van der Waals surface area contributed by atoms with Crippen LogP contribution in [0.5, 0.6) is 0 Å². The van der Waals surface area contributed by atoms with Crippen LogP contribution >= 0.6 is 0 Å². The highest BCUT2D eigenvalue weighted by atomic mass is 16.7. The summed E-state index contributed by atoms with van der Waals surface area (Å²) in [6.45, 7) is 12.4. The van der Waals surface area contributed by atoms with Gasteiger partial charge in [-0.25, -0.2) is 4.98 Å². The fraction of sp³-hybridized carbons (Fsp3) is 0.600. The Morgan fingerprint density at radius 3 is 2.19 bits per heavy atom. The Morgan fingerprint density at radius 1 is 1.03 bits per heavy atom. The highest BCUT2D eigenvalue weighted by molar-refractivity contribution is 6.65. The van der Waals surface area contributed by atoms with E-state index < -0.39 is 7.12 Å². The molecule has 4 heterocycles. The van der Waals surface area contributed by atoms with E-state index in [1.54, 1.807) is 0 Å². The lowest BCUT2D eigenvalue weighted by atomic mass is 9.79. The van der Waals surface area contributed by atoms with Gasteiger partial charge in [0.2, 0.25) is 0 Å². The highest BCUT2D eigenvalue weighted by Crippen LogP contribution is 2.53. The van der Waals surface area contributed by atoms with E-state index in [4.69, 9.17) is 18.8 Å². The van der Waals surface area contributed by atoms with Crippen LogP contribution in [0.3, 0.4) is 0 Å². The number of rotatable bonds is 5. The maximum Gasteiger partial charge on any atom is 0.497 e. The molecule has 2 saturated carbocycles. The lowest BCUT2D eigenvalue weighted by Gasteiger charge is -2.32. The number of nitrogens with zero attached hydrogens (tertiary/aromatic N) is 3. The van der Waals surface area contributed by atoms with E-state index in [0.29, 0.717) is 6.04 Å². The van der Waals surface area contributed by atoms with Crippen LogP contribution in [0, 0.1) is 25.7 Å². The van der Waals surface area contributed by atoms with Crippen molar-refractivity contribution in [3.63, 3.8) is 0 Å². The van der Waals surface area contributed by atoms with E-state index in [2.05, 4.69) is 49.7 Å². The zero-order valence-corrected chi connectivity index (χ0v) is 19.9. The second-order valence-corrected chi connectivity index (χ2v) is 11.0. The zero-order chi connectivity index (χ0) is 22.4. The van der Waals surface area contributed by atoms with Crippen molar-refractivity contribution in [3.8, 4) is 11.1 Å². The van der Waals surface area contributed by atoms with Crippen LogP contribution in [-0.2, 0) is 9.31 Å². The van der Waals surface area contributed by atoms with Gasteiger partial charge in [-0.3, -0.25) is 0 Å². The Kier molecular flexibility index (Phi) is 4.29. The standard InChI is InChI=1S/C25H32BN3O3/c1-14-21(15(2)30-28-14)18-11-19-20(26-31-24(3,4)25(5,6)32-26)13-29(23(19)27-12-18)22(16-7-8-16)17-9-10-17/h11-13,16-17,22H,7-10H2,1-6H3. The summed E-state index contributed by atoms with van der Waals surface area (Å²) in [5.74, 6) is 2.36. The van der Waals surface area contributed by atoms with Crippen LogP contribution in [0.2, 0.25) is 0 Å². The third-order valence-electron chi connectivity index (χ3n) is 8.06. The van der Waals surface area contributed by atoms with Crippen molar-refractivity contribution in [1.82, 2.24) is 14.7 Å². The third-order valence-corrected chi connectivity index (χ3v) is 8.06.